The van der Waals surface area contributed by atoms with Crippen molar-refractivity contribution in [1.29, 1.82) is 0 Å². The van der Waals surface area contributed by atoms with Gasteiger partial charge in [-0.05, 0) is 45.0 Å². The van der Waals surface area contributed by atoms with Gasteiger partial charge >= 0.3 is 0 Å². The summed E-state index contributed by atoms with van der Waals surface area (Å²) in [5, 5.41) is 6.13. The molecule has 0 aliphatic heterocycles. The van der Waals surface area contributed by atoms with Gasteiger partial charge in [-0.2, -0.15) is 0 Å². The summed E-state index contributed by atoms with van der Waals surface area (Å²) in [6, 6.07) is 5.82. The zero-order valence-electron chi connectivity index (χ0n) is 15.3. The van der Waals surface area contributed by atoms with Crippen molar-refractivity contribution in [2.75, 3.05) is 31.9 Å². The molecule has 0 aliphatic carbocycles. The summed E-state index contributed by atoms with van der Waals surface area (Å²) in [4.78, 5) is 4.40. The largest absolute Gasteiger partial charge is 0.489 e. The predicted molar refractivity (Wildman–Crippen MR) is 113 cm³/mol. The summed E-state index contributed by atoms with van der Waals surface area (Å²) in [5.41, 5.74) is 0. The van der Waals surface area contributed by atoms with Gasteiger partial charge in [0, 0.05) is 19.6 Å². The number of sulfonamides is 1. The van der Waals surface area contributed by atoms with Crippen LogP contribution >= 0.6 is 24.0 Å². The number of rotatable bonds is 10. The molecule has 3 N–H and O–H groups in total. The molecule has 1 aromatic carbocycles. The minimum atomic E-state index is -3.19. The van der Waals surface area contributed by atoms with Gasteiger partial charge in [0.05, 0.1) is 12.3 Å². The highest BCUT2D eigenvalue weighted by atomic mass is 127. The SMILES string of the molecule is CCNC(=NCC(C)Oc1ccc(F)cc1)NCCNS(=O)(=O)CC.I. The standard InChI is InChI=1S/C16H27FN4O3S.HI/c1-4-18-16(19-10-11-21-25(22,23)5-2)20-12-13(3)24-15-8-6-14(17)7-9-15;/h6-9,13,21H,4-5,10-12H2,1-3H3,(H2,18,19,20);1H. The molecule has 0 saturated carbocycles. The van der Waals surface area contributed by atoms with Crippen LogP contribution in [0.15, 0.2) is 29.3 Å². The molecule has 1 rings (SSSR count). The summed E-state index contributed by atoms with van der Waals surface area (Å²) in [7, 11) is -3.19. The van der Waals surface area contributed by atoms with E-state index in [1.165, 1.54) is 12.1 Å². The number of guanidine groups is 1. The summed E-state index contributed by atoms with van der Waals surface area (Å²) >= 11 is 0. The molecule has 0 saturated heterocycles. The lowest BCUT2D eigenvalue weighted by atomic mass is 10.3. The minimum absolute atomic E-state index is 0. The third kappa shape index (κ3) is 10.8. The molecule has 150 valence electrons. The maximum absolute atomic E-state index is 12.9. The van der Waals surface area contributed by atoms with E-state index in [0.29, 0.717) is 31.3 Å². The van der Waals surface area contributed by atoms with E-state index in [1.54, 1.807) is 19.1 Å². The van der Waals surface area contributed by atoms with Crippen molar-refractivity contribution in [1.82, 2.24) is 15.4 Å². The van der Waals surface area contributed by atoms with Gasteiger partial charge in [-0.3, -0.25) is 0 Å². The second kappa shape index (κ2) is 13.1. The molecule has 26 heavy (non-hydrogen) atoms. The van der Waals surface area contributed by atoms with Crippen LogP contribution in [-0.2, 0) is 10.0 Å². The van der Waals surface area contributed by atoms with E-state index in [1.807, 2.05) is 13.8 Å². The second-order valence-corrected chi connectivity index (χ2v) is 7.42. The molecule has 0 aliphatic rings. The van der Waals surface area contributed by atoms with Gasteiger partial charge in [0.2, 0.25) is 10.0 Å². The van der Waals surface area contributed by atoms with Crippen LogP contribution in [0.2, 0.25) is 0 Å². The number of halogens is 2. The van der Waals surface area contributed by atoms with Crippen molar-refractivity contribution < 1.29 is 17.5 Å². The minimum Gasteiger partial charge on any atom is -0.489 e. The predicted octanol–water partition coefficient (Wildman–Crippen LogP) is 1.71. The number of nitrogens with zero attached hydrogens (tertiary/aromatic N) is 1. The molecule has 0 fully saturated rings. The molecule has 1 atom stereocenters. The van der Waals surface area contributed by atoms with Crippen molar-refractivity contribution in [2.24, 2.45) is 4.99 Å². The third-order valence-electron chi connectivity index (χ3n) is 3.12. The number of benzene rings is 1. The number of hydrogen-bond donors (Lipinski definition) is 3. The van der Waals surface area contributed by atoms with Gasteiger partial charge in [-0.25, -0.2) is 22.5 Å². The Hall–Kier alpha value is -1.14. The molecule has 0 heterocycles. The quantitative estimate of drug-likeness (QED) is 0.196. The third-order valence-corrected chi connectivity index (χ3v) is 4.53. The first kappa shape index (κ1) is 24.9. The van der Waals surface area contributed by atoms with E-state index >= 15 is 0 Å². The van der Waals surface area contributed by atoms with Gasteiger partial charge in [-0.1, -0.05) is 0 Å². The Kier molecular flexibility index (Phi) is 12.5. The zero-order valence-corrected chi connectivity index (χ0v) is 18.4. The molecule has 0 amide bonds. The molecular formula is C16H28FIN4O3S. The van der Waals surface area contributed by atoms with Crippen LogP contribution in [-0.4, -0.2) is 52.4 Å². The van der Waals surface area contributed by atoms with E-state index in [2.05, 4.69) is 20.3 Å². The van der Waals surface area contributed by atoms with E-state index in [9.17, 15) is 12.8 Å². The molecule has 0 aromatic heterocycles. The fraction of sp³-hybridized carbons (Fsp3) is 0.562. The zero-order chi connectivity index (χ0) is 18.7. The smallest absolute Gasteiger partial charge is 0.211 e. The molecule has 1 unspecified atom stereocenters. The van der Waals surface area contributed by atoms with Crippen molar-refractivity contribution in [3.8, 4) is 5.75 Å². The first-order chi connectivity index (χ1) is 11.9. The van der Waals surface area contributed by atoms with E-state index in [-0.39, 0.29) is 48.2 Å². The lowest BCUT2D eigenvalue weighted by Gasteiger charge is -2.15. The average Bonchev–Trinajstić information content (AvgIpc) is 2.58. The summed E-state index contributed by atoms with van der Waals surface area (Å²) in [5.74, 6) is 0.901. The number of nitrogens with one attached hydrogen (secondary N) is 3. The van der Waals surface area contributed by atoms with E-state index in [0.717, 1.165) is 0 Å². The molecule has 7 nitrogen and oxygen atoms in total. The highest BCUT2D eigenvalue weighted by Gasteiger charge is 2.07. The molecule has 0 radical (unpaired) electrons. The average molecular weight is 502 g/mol. The van der Waals surface area contributed by atoms with Crippen LogP contribution in [0.5, 0.6) is 5.75 Å². The molecule has 0 bridgehead atoms. The summed E-state index contributed by atoms with van der Waals surface area (Å²) in [6.07, 6.45) is -0.195. The normalized spacial score (nSPS) is 12.8. The van der Waals surface area contributed by atoms with Crippen molar-refractivity contribution >= 4 is 40.0 Å². The maximum Gasteiger partial charge on any atom is 0.211 e. The number of hydrogen-bond acceptors (Lipinski definition) is 4. The van der Waals surface area contributed by atoms with Crippen LogP contribution in [0.3, 0.4) is 0 Å². The second-order valence-electron chi connectivity index (χ2n) is 5.33. The highest BCUT2D eigenvalue weighted by molar-refractivity contribution is 14.0. The van der Waals surface area contributed by atoms with Crippen molar-refractivity contribution in [2.45, 2.75) is 26.9 Å². The number of ether oxygens (including phenoxy) is 1. The molecule has 10 heteroatoms. The summed E-state index contributed by atoms with van der Waals surface area (Å²) < 4.78 is 43.7. The van der Waals surface area contributed by atoms with Crippen LogP contribution in [0.4, 0.5) is 4.39 Å². The summed E-state index contributed by atoms with van der Waals surface area (Å²) in [6.45, 7) is 7.17. The van der Waals surface area contributed by atoms with Gasteiger partial charge in [0.1, 0.15) is 17.7 Å². The van der Waals surface area contributed by atoms with Gasteiger partial charge in [0.25, 0.3) is 0 Å². The van der Waals surface area contributed by atoms with Crippen molar-refractivity contribution in [3.05, 3.63) is 30.1 Å². The fourth-order valence-electron chi connectivity index (χ4n) is 1.83. The number of aliphatic imine (C=N–C) groups is 1. The Balaban J connectivity index is 0.00000625. The Bertz CT molecular complexity index is 641. The first-order valence-corrected chi connectivity index (χ1v) is 9.93. The highest BCUT2D eigenvalue weighted by Crippen LogP contribution is 2.12. The lowest BCUT2D eigenvalue weighted by molar-refractivity contribution is 0.230. The van der Waals surface area contributed by atoms with Gasteiger partial charge in [0.15, 0.2) is 5.96 Å². The van der Waals surface area contributed by atoms with Gasteiger partial charge < -0.3 is 15.4 Å². The Morgan fingerprint density at radius 1 is 1.19 bits per heavy atom. The Morgan fingerprint density at radius 3 is 2.42 bits per heavy atom. The van der Waals surface area contributed by atoms with Crippen molar-refractivity contribution in [3.63, 3.8) is 0 Å². The van der Waals surface area contributed by atoms with Gasteiger partial charge in [-0.15, -0.1) is 24.0 Å². The van der Waals surface area contributed by atoms with Crippen LogP contribution in [0.1, 0.15) is 20.8 Å². The maximum atomic E-state index is 12.9. The first-order valence-electron chi connectivity index (χ1n) is 8.28. The van der Waals surface area contributed by atoms with E-state index in [4.69, 9.17) is 4.74 Å². The van der Waals surface area contributed by atoms with Crippen LogP contribution in [0, 0.1) is 5.82 Å². The topological polar surface area (TPSA) is 91.8 Å². The molecule has 0 spiro atoms. The van der Waals surface area contributed by atoms with Crippen LogP contribution < -0.4 is 20.1 Å². The van der Waals surface area contributed by atoms with E-state index < -0.39 is 10.0 Å². The molecule has 1 aromatic rings. The molecular weight excluding hydrogens is 474 g/mol. The monoisotopic (exact) mass is 502 g/mol. The Morgan fingerprint density at radius 2 is 1.85 bits per heavy atom. The lowest BCUT2D eigenvalue weighted by Crippen LogP contribution is -2.42. The van der Waals surface area contributed by atoms with Crippen LogP contribution in [0.25, 0.3) is 0 Å². The Labute approximate surface area is 172 Å². The fourth-order valence-corrected chi connectivity index (χ4v) is 2.45.